The van der Waals surface area contributed by atoms with Gasteiger partial charge < -0.3 is 15.4 Å². The lowest BCUT2D eigenvalue weighted by atomic mass is 10.0. The first kappa shape index (κ1) is 22.8. The highest BCUT2D eigenvalue weighted by Crippen LogP contribution is 2.38. The Bertz CT molecular complexity index is 1330. The van der Waals surface area contributed by atoms with Crippen molar-refractivity contribution in [2.45, 2.75) is 20.8 Å². The van der Waals surface area contributed by atoms with Gasteiger partial charge in [0.2, 0.25) is 5.91 Å². The summed E-state index contributed by atoms with van der Waals surface area (Å²) < 4.78 is 5.49. The summed E-state index contributed by atoms with van der Waals surface area (Å²) in [7, 11) is 1.52. The predicted octanol–water partition coefficient (Wildman–Crippen LogP) is 4.67. The van der Waals surface area contributed by atoms with Gasteiger partial charge in [-0.3, -0.25) is 14.4 Å². The number of carbonyl (C=O) groups excluding carboxylic acids is 3. The monoisotopic (exact) mass is 455 g/mol. The second-order valence-electron chi connectivity index (χ2n) is 8.00. The minimum atomic E-state index is -0.453. The molecule has 0 bridgehead atoms. The summed E-state index contributed by atoms with van der Waals surface area (Å²) in [5.41, 5.74) is 4.50. The zero-order valence-electron chi connectivity index (χ0n) is 19.4. The number of anilines is 3. The number of amides is 3. The van der Waals surface area contributed by atoms with Crippen molar-refractivity contribution in [3.63, 3.8) is 0 Å². The number of hydrogen-bond donors (Lipinski definition) is 2. The molecule has 4 rings (SSSR count). The molecular weight excluding hydrogens is 430 g/mol. The van der Waals surface area contributed by atoms with Crippen LogP contribution in [-0.2, 0) is 14.4 Å². The summed E-state index contributed by atoms with van der Waals surface area (Å²) >= 11 is 0. The fourth-order valence-electron chi connectivity index (χ4n) is 3.93. The minimum Gasteiger partial charge on any atom is -0.496 e. The SMILES string of the molecule is COc1ccccc1C1=C(Nc2ccc(NC(C)=O)cc2)C(=O)N(c2cccc(C)c2C)C1=O. The molecule has 34 heavy (non-hydrogen) atoms. The van der Waals surface area contributed by atoms with Crippen LogP contribution in [0.1, 0.15) is 23.6 Å². The lowest BCUT2D eigenvalue weighted by Gasteiger charge is -2.19. The third-order valence-electron chi connectivity index (χ3n) is 5.75. The van der Waals surface area contributed by atoms with Crippen LogP contribution >= 0.6 is 0 Å². The van der Waals surface area contributed by atoms with Crippen LogP contribution in [0.25, 0.3) is 5.57 Å². The molecule has 0 spiro atoms. The van der Waals surface area contributed by atoms with E-state index in [1.165, 1.54) is 18.9 Å². The van der Waals surface area contributed by atoms with Gasteiger partial charge in [-0.15, -0.1) is 0 Å². The largest absolute Gasteiger partial charge is 0.496 e. The smallest absolute Gasteiger partial charge is 0.282 e. The van der Waals surface area contributed by atoms with E-state index >= 15 is 0 Å². The van der Waals surface area contributed by atoms with Crippen LogP contribution in [0.2, 0.25) is 0 Å². The van der Waals surface area contributed by atoms with E-state index in [-0.39, 0.29) is 17.2 Å². The first-order valence-electron chi connectivity index (χ1n) is 10.8. The maximum absolute atomic E-state index is 13.7. The molecule has 0 aromatic heterocycles. The Balaban J connectivity index is 1.82. The molecule has 7 heteroatoms. The number of carbonyl (C=O) groups is 3. The third-order valence-corrected chi connectivity index (χ3v) is 5.75. The molecule has 0 saturated heterocycles. The van der Waals surface area contributed by atoms with Crippen molar-refractivity contribution in [1.29, 1.82) is 0 Å². The number of ether oxygens (including phenoxy) is 1. The third kappa shape index (κ3) is 4.15. The quantitative estimate of drug-likeness (QED) is 0.528. The summed E-state index contributed by atoms with van der Waals surface area (Å²) in [5, 5.41) is 5.84. The molecule has 1 heterocycles. The van der Waals surface area contributed by atoms with E-state index in [4.69, 9.17) is 4.74 Å². The van der Waals surface area contributed by atoms with Gasteiger partial charge in [-0.25, -0.2) is 4.90 Å². The molecule has 0 unspecified atom stereocenters. The van der Waals surface area contributed by atoms with Crippen LogP contribution in [0.5, 0.6) is 5.75 Å². The summed E-state index contributed by atoms with van der Waals surface area (Å²) in [6.45, 7) is 5.26. The lowest BCUT2D eigenvalue weighted by Crippen LogP contribution is -2.33. The second kappa shape index (κ2) is 9.23. The van der Waals surface area contributed by atoms with Crippen molar-refractivity contribution in [1.82, 2.24) is 0 Å². The lowest BCUT2D eigenvalue weighted by molar-refractivity contribution is -0.120. The maximum Gasteiger partial charge on any atom is 0.282 e. The van der Waals surface area contributed by atoms with Crippen LogP contribution in [0.15, 0.2) is 72.4 Å². The molecule has 0 aliphatic carbocycles. The molecular formula is C27H25N3O4. The molecule has 0 saturated carbocycles. The number of nitrogens with zero attached hydrogens (tertiary/aromatic N) is 1. The van der Waals surface area contributed by atoms with E-state index < -0.39 is 11.8 Å². The van der Waals surface area contributed by atoms with E-state index in [2.05, 4.69) is 10.6 Å². The normalized spacial score (nSPS) is 13.4. The fraction of sp³-hybridized carbons (Fsp3) is 0.148. The fourth-order valence-corrected chi connectivity index (χ4v) is 3.93. The van der Waals surface area contributed by atoms with Crippen LogP contribution in [-0.4, -0.2) is 24.8 Å². The number of methoxy groups -OCH3 is 1. The molecule has 1 aliphatic heterocycles. The summed E-state index contributed by atoms with van der Waals surface area (Å²) in [5.74, 6) is -0.574. The molecule has 3 aromatic rings. The highest BCUT2D eigenvalue weighted by Gasteiger charge is 2.41. The zero-order chi connectivity index (χ0) is 24.4. The maximum atomic E-state index is 13.7. The molecule has 1 aliphatic rings. The van der Waals surface area contributed by atoms with Crippen molar-refractivity contribution >= 4 is 40.4 Å². The highest BCUT2D eigenvalue weighted by molar-refractivity contribution is 6.46. The van der Waals surface area contributed by atoms with E-state index in [0.717, 1.165) is 11.1 Å². The summed E-state index contributed by atoms with van der Waals surface area (Å²) in [6.07, 6.45) is 0. The van der Waals surface area contributed by atoms with Crippen LogP contribution in [0.3, 0.4) is 0 Å². The van der Waals surface area contributed by atoms with Crippen molar-refractivity contribution in [3.8, 4) is 5.75 Å². The van der Waals surface area contributed by atoms with Gasteiger partial charge in [0.1, 0.15) is 11.4 Å². The van der Waals surface area contributed by atoms with E-state index in [1.54, 1.807) is 54.6 Å². The van der Waals surface area contributed by atoms with Gasteiger partial charge in [0, 0.05) is 23.9 Å². The number of rotatable bonds is 6. The van der Waals surface area contributed by atoms with Crippen molar-refractivity contribution in [3.05, 3.63) is 89.1 Å². The number of imide groups is 1. The molecule has 7 nitrogen and oxygen atoms in total. The van der Waals surface area contributed by atoms with E-state index in [0.29, 0.717) is 28.4 Å². The number of nitrogens with one attached hydrogen (secondary N) is 2. The van der Waals surface area contributed by atoms with Crippen molar-refractivity contribution < 1.29 is 19.1 Å². The Labute approximate surface area is 198 Å². The number of para-hydroxylation sites is 1. The van der Waals surface area contributed by atoms with Gasteiger partial charge in [-0.1, -0.05) is 30.3 Å². The Kier molecular flexibility index (Phi) is 6.19. The van der Waals surface area contributed by atoms with Gasteiger partial charge >= 0.3 is 0 Å². The molecule has 3 amide bonds. The van der Waals surface area contributed by atoms with Crippen LogP contribution in [0, 0.1) is 13.8 Å². The van der Waals surface area contributed by atoms with Gasteiger partial charge in [-0.05, 0) is 61.4 Å². The Morgan fingerprint density at radius 1 is 0.853 bits per heavy atom. The van der Waals surface area contributed by atoms with Crippen LogP contribution < -0.4 is 20.3 Å². The van der Waals surface area contributed by atoms with Gasteiger partial charge in [0.15, 0.2) is 0 Å². The highest BCUT2D eigenvalue weighted by atomic mass is 16.5. The second-order valence-corrected chi connectivity index (χ2v) is 8.00. The Morgan fingerprint density at radius 2 is 1.53 bits per heavy atom. The summed E-state index contributed by atoms with van der Waals surface area (Å²) in [6, 6.07) is 19.5. The van der Waals surface area contributed by atoms with E-state index in [1.807, 2.05) is 26.0 Å². The Hall–Kier alpha value is -4.39. The van der Waals surface area contributed by atoms with Crippen LogP contribution in [0.4, 0.5) is 17.1 Å². The van der Waals surface area contributed by atoms with Gasteiger partial charge in [0.05, 0.1) is 18.4 Å². The van der Waals surface area contributed by atoms with Gasteiger partial charge in [-0.2, -0.15) is 0 Å². The zero-order valence-corrected chi connectivity index (χ0v) is 19.4. The van der Waals surface area contributed by atoms with Gasteiger partial charge in [0.25, 0.3) is 11.8 Å². The Morgan fingerprint density at radius 3 is 2.21 bits per heavy atom. The van der Waals surface area contributed by atoms with Crippen molar-refractivity contribution in [2.24, 2.45) is 0 Å². The first-order chi connectivity index (χ1) is 16.3. The topological polar surface area (TPSA) is 87.7 Å². The standard InChI is InChI=1S/C27H25N3O4/c1-16-8-7-10-22(17(16)2)30-26(32)24(21-9-5-6-11-23(21)34-4)25(27(30)33)29-20-14-12-19(13-15-20)28-18(3)31/h5-15,29H,1-4H3,(H,28,31). The molecule has 0 radical (unpaired) electrons. The molecule has 0 fully saturated rings. The minimum absolute atomic E-state index is 0.155. The molecule has 3 aromatic carbocycles. The molecule has 2 N–H and O–H groups in total. The van der Waals surface area contributed by atoms with E-state index in [9.17, 15) is 14.4 Å². The van der Waals surface area contributed by atoms with Crippen molar-refractivity contribution in [2.75, 3.05) is 22.6 Å². The number of hydrogen-bond acceptors (Lipinski definition) is 5. The molecule has 0 atom stereocenters. The predicted molar refractivity (Wildman–Crippen MR) is 133 cm³/mol. The first-order valence-corrected chi connectivity index (χ1v) is 10.8. The number of benzene rings is 3. The number of aryl methyl sites for hydroxylation is 1. The molecule has 172 valence electrons. The average molecular weight is 456 g/mol. The summed E-state index contributed by atoms with van der Waals surface area (Å²) in [4.78, 5) is 39.9. The average Bonchev–Trinajstić information content (AvgIpc) is 3.05.